The van der Waals surface area contributed by atoms with E-state index in [1.165, 1.54) is 22.8 Å². The molecule has 0 aliphatic heterocycles. The van der Waals surface area contributed by atoms with Crippen molar-refractivity contribution >= 4 is 34.1 Å². The van der Waals surface area contributed by atoms with E-state index < -0.39 is 0 Å². The number of benzene rings is 1. The van der Waals surface area contributed by atoms with Gasteiger partial charge in [-0.05, 0) is 66.8 Å². The average molecular weight is 480 g/mol. The highest BCUT2D eigenvalue weighted by atomic mass is 35.5. The maximum Gasteiger partial charge on any atom is 0.235 e. The lowest BCUT2D eigenvalue weighted by Gasteiger charge is -2.29. The zero-order valence-corrected chi connectivity index (χ0v) is 20.5. The normalized spacial score (nSPS) is 18.6. The lowest BCUT2D eigenvalue weighted by Crippen LogP contribution is -2.37. The van der Waals surface area contributed by atoms with Gasteiger partial charge in [0, 0.05) is 28.7 Å². The van der Waals surface area contributed by atoms with Crippen LogP contribution in [0.25, 0.3) is 27.8 Å². The van der Waals surface area contributed by atoms with E-state index >= 15 is 0 Å². The molecule has 8 heteroatoms. The van der Waals surface area contributed by atoms with Gasteiger partial charge in [0.15, 0.2) is 11.4 Å². The zero-order valence-electron chi connectivity index (χ0n) is 19.8. The van der Waals surface area contributed by atoms with E-state index in [4.69, 9.17) is 16.3 Å². The molecule has 3 heterocycles. The molecule has 0 saturated heterocycles. The van der Waals surface area contributed by atoms with E-state index in [-0.39, 0.29) is 17.8 Å². The SMILES string of the molecule is COc1cc(-c2[nH]c3ccc(C4CCC(NC(=O)CCl)CC4)cc3c2C(C)C)cn2ncnc12. The second-order valence-electron chi connectivity index (χ2n) is 9.45. The van der Waals surface area contributed by atoms with Gasteiger partial charge in [-0.2, -0.15) is 5.10 Å². The molecule has 1 aliphatic rings. The van der Waals surface area contributed by atoms with Crippen molar-refractivity contribution in [1.29, 1.82) is 0 Å². The van der Waals surface area contributed by atoms with Crippen molar-refractivity contribution in [1.82, 2.24) is 24.9 Å². The van der Waals surface area contributed by atoms with Crippen molar-refractivity contribution in [3.63, 3.8) is 0 Å². The fourth-order valence-electron chi connectivity index (χ4n) is 5.33. The van der Waals surface area contributed by atoms with Crippen LogP contribution in [-0.2, 0) is 4.79 Å². The van der Waals surface area contributed by atoms with Crippen LogP contribution < -0.4 is 10.1 Å². The monoisotopic (exact) mass is 479 g/mol. The molecule has 0 unspecified atom stereocenters. The van der Waals surface area contributed by atoms with Crippen LogP contribution in [-0.4, -0.2) is 44.5 Å². The summed E-state index contributed by atoms with van der Waals surface area (Å²) in [5, 5.41) is 8.62. The number of alkyl halides is 1. The smallest absolute Gasteiger partial charge is 0.235 e. The fraction of sp³-hybridized carbons (Fsp3) is 0.423. The highest BCUT2D eigenvalue weighted by Gasteiger charge is 2.25. The standard InChI is InChI=1S/C26H30ClN5O2/c1-15(2)24-20-10-17(16-4-7-19(8-5-16)30-23(33)12-27)6-9-21(20)31-25(24)18-11-22(34-3)26-28-14-29-32(26)13-18/h6,9-11,13-16,19,31H,4-5,7-8,12H2,1-3H3,(H,30,33). The number of halogens is 1. The Morgan fingerprint density at radius 2 is 2.06 bits per heavy atom. The van der Waals surface area contributed by atoms with Crippen molar-refractivity contribution in [2.24, 2.45) is 0 Å². The predicted octanol–water partition coefficient (Wildman–Crippen LogP) is 5.39. The molecule has 5 rings (SSSR count). The van der Waals surface area contributed by atoms with Gasteiger partial charge in [-0.1, -0.05) is 19.9 Å². The lowest BCUT2D eigenvalue weighted by atomic mass is 9.81. The number of carbonyl (C=O) groups is 1. The Bertz CT molecular complexity index is 1330. The molecule has 1 saturated carbocycles. The molecule has 0 atom stereocenters. The van der Waals surface area contributed by atoms with Crippen molar-refractivity contribution < 1.29 is 9.53 Å². The van der Waals surface area contributed by atoms with Gasteiger partial charge in [0.1, 0.15) is 12.2 Å². The molecule has 1 fully saturated rings. The number of pyridine rings is 1. The van der Waals surface area contributed by atoms with Crippen LogP contribution in [0.4, 0.5) is 0 Å². The molecule has 2 N–H and O–H groups in total. The van der Waals surface area contributed by atoms with Gasteiger partial charge in [0.05, 0.1) is 12.8 Å². The van der Waals surface area contributed by atoms with Gasteiger partial charge >= 0.3 is 0 Å². The van der Waals surface area contributed by atoms with Crippen LogP contribution in [0, 0.1) is 0 Å². The number of nitrogens with zero attached hydrogens (tertiary/aromatic N) is 3. The highest BCUT2D eigenvalue weighted by molar-refractivity contribution is 6.27. The summed E-state index contributed by atoms with van der Waals surface area (Å²) in [6.07, 6.45) is 7.63. The van der Waals surface area contributed by atoms with Crippen molar-refractivity contribution in [3.05, 3.63) is 47.9 Å². The maximum absolute atomic E-state index is 11.6. The van der Waals surface area contributed by atoms with E-state index in [1.807, 2.05) is 12.3 Å². The minimum Gasteiger partial charge on any atom is -0.493 e. The van der Waals surface area contributed by atoms with Gasteiger partial charge in [-0.15, -0.1) is 11.6 Å². The van der Waals surface area contributed by atoms with E-state index in [0.29, 0.717) is 23.2 Å². The number of aromatic amines is 1. The number of ether oxygens (including phenoxy) is 1. The second kappa shape index (κ2) is 9.29. The Hall–Kier alpha value is -3.06. The number of H-pyrrole nitrogens is 1. The second-order valence-corrected chi connectivity index (χ2v) is 9.72. The molecule has 1 aromatic carbocycles. The third-order valence-corrected chi connectivity index (χ3v) is 7.22. The Kier molecular flexibility index (Phi) is 6.21. The number of carbonyl (C=O) groups excluding carboxylic acids is 1. The number of aromatic nitrogens is 4. The van der Waals surface area contributed by atoms with E-state index in [1.54, 1.807) is 11.6 Å². The molecule has 34 heavy (non-hydrogen) atoms. The highest BCUT2D eigenvalue weighted by Crippen LogP contribution is 2.40. The molecule has 178 valence electrons. The van der Waals surface area contributed by atoms with Crippen LogP contribution in [0.5, 0.6) is 5.75 Å². The first-order valence-electron chi connectivity index (χ1n) is 11.9. The summed E-state index contributed by atoms with van der Waals surface area (Å²) >= 11 is 5.65. The van der Waals surface area contributed by atoms with Crippen LogP contribution in [0.1, 0.15) is 62.5 Å². The molecule has 0 bridgehead atoms. The first-order chi connectivity index (χ1) is 16.5. The van der Waals surface area contributed by atoms with Gasteiger partial charge in [-0.25, -0.2) is 9.50 Å². The number of hydrogen-bond acceptors (Lipinski definition) is 4. The van der Waals surface area contributed by atoms with Gasteiger partial charge < -0.3 is 15.0 Å². The number of amides is 1. The fourth-order valence-corrected chi connectivity index (χ4v) is 5.41. The van der Waals surface area contributed by atoms with Crippen LogP contribution in [0.3, 0.4) is 0 Å². The summed E-state index contributed by atoms with van der Waals surface area (Å²) in [5.41, 5.74) is 6.60. The van der Waals surface area contributed by atoms with Gasteiger partial charge in [-0.3, -0.25) is 4.79 Å². The molecule has 1 amide bonds. The third kappa shape index (κ3) is 4.13. The first-order valence-corrected chi connectivity index (χ1v) is 12.4. The van der Waals surface area contributed by atoms with Gasteiger partial charge in [0.25, 0.3) is 0 Å². The number of hydrogen-bond donors (Lipinski definition) is 2. The number of fused-ring (bicyclic) bond motifs is 2. The average Bonchev–Trinajstić information content (AvgIpc) is 3.48. The molecular weight excluding hydrogens is 450 g/mol. The lowest BCUT2D eigenvalue weighted by molar-refractivity contribution is -0.119. The van der Waals surface area contributed by atoms with Crippen LogP contribution in [0.15, 0.2) is 36.8 Å². The van der Waals surface area contributed by atoms with Crippen molar-refractivity contribution in [2.45, 2.75) is 57.4 Å². The Balaban J connectivity index is 1.49. The van der Waals surface area contributed by atoms with Crippen molar-refractivity contribution in [2.75, 3.05) is 13.0 Å². The topological polar surface area (TPSA) is 84.3 Å². The van der Waals surface area contributed by atoms with E-state index in [2.05, 4.69) is 52.4 Å². The summed E-state index contributed by atoms with van der Waals surface area (Å²) < 4.78 is 7.35. The summed E-state index contributed by atoms with van der Waals surface area (Å²) in [6, 6.07) is 9.07. The Morgan fingerprint density at radius 1 is 1.26 bits per heavy atom. The van der Waals surface area contributed by atoms with Crippen molar-refractivity contribution in [3.8, 4) is 17.0 Å². The molecule has 3 aromatic heterocycles. The molecule has 0 radical (unpaired) electrons. The molecule has 7 nitrogen and oxygen atoms in total. The number of rotatable bonds is 6. The summed E-state index contributed by atoms with van der Waals surface area (Å²) in [7, 11) is 1.66. The third-order valence-electron chi connectivity index (χ3n) is 6.98. The first kappa shape index (κ1) is 22.7. The Morgan fingerprint density at radius 3 is 2.76 bits per heavy atom. The summed E-state index contributed by atoms with van der Waals surface area (Å²) in [6.45, 7) is 4.46. The van der Waals surface area contributed by atoms with E-state index in [9.17, 15) is 4.79 Å². The largest absolute Gasteiger partial charge is 0.493 e. The molecule has 1 aliphatic carbocycles. The molecule has 4 aromatic rings. The zero-order chi connectivity index (χ0) is 23.8. The predicted molar refractivity (Wildman–Crippen MR) is 135 cm³/mol. The van der Waals surface area contributed by atoms with Crippen LogP contribution in [0.2, 0.25) is 0 Å². The maximum atomic E-state index is 11.6. The minimum absolute atomic E-state index is 0.0279. The Labute approximate surface area is 203 Å². The molecule has 0 spiro atoms. The quantitative estimate of drug-likeness (QED) is 0.363. The number of methoxy groups -OCH3 is 1. The van der Waals surface area contributed by atoms with Gasteiger partial charge in [0.2, 0.25) is 5.91 Å². The molecular formula is C26H30ClN5O2. The summed E-state index contributed by atoms with van der Waals surface area (Å²) in [5.74, 6) is 1.48. The number of nitrogens with one attached hydrogen (secondary N) is 2. The van der Waals surface area contributed by atoms with E-state index in [0.717, 1.165) is 42.5 Å². The summed E-state index contributed by atoms with van der Waals surface area (Å²) in [4.78, 5) is 19.6. The van der Waals surface area contributed by atoms with Crippen LogP contribution >= 0.6 is 11.6 Å². The minimum atomic E-state index is -0.0753.